The second-order valence-electron chi connectivity index (χ2n) is 4.96. The third-order valence-electron chi connectivity index (χ3n) is 3.06. The number of carbonyl (C=O) groups is 2. The van der Waals surface area contributed by atoms with Gasteiger partial charge in [0.25, 0.3) is 0 Å². The van der Waals surface area contributed by atoms with Crippen LogP contribution in [-0.4, -0.2) is 29.8 Å². The molecule has 0 aromatic heterocycles. The average molecular weight is 296 g/mol. The van der Waals surface area contributed by atoms with E-state index >= 15 is 0 Å². The molecule has 20 heavy (non-hydrogen) atoms. The molecule has 2 atom stereocenters. The van der Waals surface area contributed by atoms with Crippen LogP contribution < -0.4 is 34.7 Å². The van der Waals surface area contributed by atoms with E-state index in [0.29, 0.717) is 25.9 Å². The van der Waals surface area contributed by atoms with Gasteiger partial charge >= 0.3 is 35.5 Å². The summed E-state index contributed by atoms with van der Waals surface area (Å²) in [5, 5.41) is 19.4. The Kier molecular flexibility index (Phi) is 15.4. The molecule has 0 rings (SSSR count). The number of aliphatic hydroxyl groups excluding tert-OH is 1. The molecule has 5 nitrogen and oxygen atoms in total. The number of aliphatic carboxylic acids is 1. The molecular formula is C14H25NaO5. The Bertz CT molecular complexity index is 268. The summed E-state index contributed by atoms with van der Waals surface area (Å²) in [5.74, 6) is -1.09. The van der Waals surface area contributed by atoms with Crippen molar-refractivity contribution in [3.63, 3.8) is 0 Å². The van der Waals surface area contributed by atoms with Crippen LogP contribution in [-0.2, 0) is 14.3 Å². The van der Waals surface area contributed by atoms with E-state index in [-0.39, 0.29) is 60.4 Å². The Morgan fingerprint density at radius 1 is 1.20 bits per heavy atom. The summed E-state index contributed by atoms with van der Waals surface area (Å²) in [7, 11) is 0. The molecule has 0 amide bonds. The van der Waals surface area contributed by atoms with Gasteiger partial charge in [-0.1, -0.05) is 13.3 Å². The first-order valence-electron chi connectivity index (χ1n) is 6.99. The normalized spacial score (nSPS) is 13.2. The summed E-state index contributed by atoms with van der Waals surface area (Å²) < 4.78 is 5.15. The van der Waals surface area contributed by atoms with Gasteiger partial charge in [0.05, 0.1) is 12.7 Å². The summed E-state index contributed by atoms with van der Waals surface area (Å²) in [6.07, 6.45) is 3.32. The van der Waals surface area contributed by atoms with Crippen LogP contribution in [0.5, 0.6) is 0 Å². The number of carbonyl (C=O) groups excluding carboxylic acids is 2. The fourth-order valence-electron chi connectivity index (χ4n) is 1.70. The van der Waals surface area contributed by atoms with Gasteiger partial charge in [0.2, 0.25) is 0 Å². The summed E-state index contributed by atoms with van der Waals surface area (Å²) in [4.78, 5) is 21.6. The van der Waals surface area contributed by atoms with Crippen molar-refractivity contribution in [3.8, 4) is 0 Å². The minimum Gasteiger partial charge on any atom is -0.550 e. The minimum atomic E-state index is -1.09. The number of hydrogen-bond donors (Lipinski definition) is 1. The molecule has 0 aliphatic rings. The maximum absolute atomic E-state index is 11.4. The zero-order valence-electron chi connectivity index (χ0n) is 12.9. The number of carboxylic acids is 1. The van der Waals surface area contributed by atoms with E-state index in [9.17, 15) is 19.8 Å². The molecule has 0 spiro atoms. The van der Waals surface area contributed by atoms with Crippen LogP contribution in [0, 0.1) is 5.92 Å². The van der Waals surface area contributed by atoms with Crippen LogP contribution in [0.4, 0.5) is 0 Å². The number of hydrogen-bond acceptors (Lipinski definition) is 5. The molecule has 0 fully saturated rings. The number of ether oxygens (including phenoxy) is 1. The standard InChI is InChI=1S/C14H26O5.Na/c1-3-12(9-8-11(2)15)10-19-14(18)7-5-4-6-13(16)17;/h11-12,15H,3-10H2,1-2H3,(H,16,17);/q;+1/p-1. The summed E-state index contributed by atoms with van der Waals surface area (Å²) in [6, 6.07) is 0. The van der Waals surface area contributed by atoms with Crippen LogP contribution in [0.25, 0.3) is 0 Å². The van der Waals surface area contributed by atoms with E-state index in [1.54, 1.807) is 6.92 Å². The topological polar surface area (TPSA) is 86.7 Å². The molecule has 0 radical (unpaired) electrons. The van der Waals surface area contributed by atoms with Gasteiger partial charge in [0, 0.05) is 12.4 Å². The second kappa shape index (κ2) is 13.9. The van der Waals surface area contributed by atoms with E-state index in [1.165, 1.54) is 0 Å². The van der Waals surface area contributed by atoms with E-state index < -0.39 is 5.97 Å². The SMILES string of the molecule is CCC(CCC(C)O)COC(=O)CCCCC(=O)[O-].[Na+]. The first-order chi connectivity index (χ1) is 8.95. The number of esters is 1. The van der Waals surface area contributed by atoms with Gasteiger partial charge in [-0.3, -0.25) is 4.79 Å². The predicted molar refractivity (Wildman–Crippen MR) is 69.1 cm³/mol. The Balaban J connectivity index is 0. The Labute approximate surface area is 143 Å². The molecule has 0 heterocycles. The molecule has 0 aliphatic carbocycles. The fourth-order valence-corrected chi connectivity index (χ4v) is 1.70. The summed E-state index contributed by atoms with van der Waals surface area (Å²) in [6.45, 7) is 4.15. The maximum Gasteiger partial charge on any atom is 1.00 e. The Morgan fingerprint density at radius 3 is 2.30 bits per heavy atom. The fraction of sp³-hybridized carbons (Fsp3) is 0.857. The quantitative estimate of drug-likeness (QED) is 0.271. The summed E-state index contributed by atoms with van der Waals surface area (Å²) >= 11 is 0. The van der Waals surface area contributed by atoms with E-state index in [0.717, 1.165) is 12.8 Å². The number of rotatable bonds is 11. The molecular weight excluding hydrogens is 271 g/mol. The van der Waals surface area contributed by atoms with E-state index in [1.807, 2.05) is 6.92 Å². The van der Waals surface area contributed by atoms with Crippen LogP contribution >= 0.6 is 0 Å². The number of unbranched alkanes of at least 4 members (excludes halogenated alkanes) is 1. The van der Waals surface area contributed by atoms with Crippen LogP contribution in [0.2, 0.25) is 0 Å². The minimum absolute atomic E-state index is 0. The van der Waals surface area contributed by atoms with Crippen molar-refractivity contribution in [1.29, 1.82) is 0 Å². The van der Waals surface area contributed by atoms with E-state index in [2.05, 4.69) is 0 Å². The molecule has 0 saturated carbocycles. The predicted octanol–water partition coefficient (Wildman–Crippen LogP) is -1.97. The Hall–Kier alpha value is -0.100. The second-order valence-corrected chi connectivity index (χ2v) is 4.96. The van der Waals surface area contributed by atoms with Crippen LogP contribution in [0.3, 0.4) is 0 Å². The molecule has 112 valence electrons. The average Bonchev–Trinajstić information content (AvgIpc) is 2.34. The smallest absolute Gasteiger partial charge is 0.550 e. The first-order valence-corrected chi connectivity index (χ1v) is 6.99. The monoisotopic (exact) mass is 296 g/mol. The molecule has 0 aromatic carbocycles. The largest absolute Gasteiger partial charge is 1.00 e. The van der Waals surface area contributed by atoms with Crippen molar-refractivity contribution in [3.05, 3.63) is 0 Å². The van der Waals surface area contributed by atoms with Gasteiger partial charge in [-0.05, 0) is 44.9 Å². The van der Waals surface area contributed by atoms with Gasteiger partial charge in [-0.2, -0.15) is 0 Å². The molecule has 0 aromatic rings. The van der Waals surface area contributed by atoms with Gasteiger partial charge in [-0.25, -0.2) is 0 Å². The number of carboxylic acid groups (broad SMARTS) is 1. The van der Waals surface area contributed by atoms with Crippen molar-refractivity contribution in [2.45, 2.75) is 64.9 Å². The molecule has 1 N–H and O–H groups in total. The van der Waals surface area contributed by atoms with Gasteiger partial charge in [0.1, 0.15) is 0 Å². The molecule has 0 saturated heterocycles. The first kappa shape index (κ1) is 22.2. The zero-order chi connectivity index (χ0) is 14.7. The molecule has 0 bridgehead atoms. The molecule has 0 aliphatic heterocycles. The van der Waals surface area contributed by atoms with Crippen molar-refractivity contribution >= 4 is 11.9 Å². The van der Waals surface area contributed by atoms with Crippen molar-refractivity contribution in [2.75, 3.05) is 6.61 Å². The summed E-state index contributed by atoms with van der Waals surface area (Å²) in [5.41, 5.74) is 0. The van der Waals surface area contributed by atoms with E-state index in [4.69, 9.17) is 4.74 Å². The van der Waals surface area contributed by atoms with Gasteiger partial charge < -0.3 is 19.7 Å². The zero-order valence-corrected chi connectivity index (χ0v) is 14.9. The third-order valence-corrected chi connectivity index (χ3v) is 3.06. The van der Waals surface area contributed by atoms with Crippen molar-refractivity contribution < 1.29 is 54.1 Å². The maximum atomic E-state index is 11.4. The molecule has 6 heteroatoms. The van der Waals surface area contributed by atoms with Gasteiger partial charge in [0.15, 0.2) is 0 Å². The van der Waals surface area contributed by atoms with Crippen molar-refractivity contribution in [1.82, 2.24) is 0 Å². The third kappa shape index (κ3) is 14.3. The number of aliphatic hydroxyl groups is 1. The van der Waals surface area contributed by atoms with Crippen molar-refractivity contribution in [2.24, 2.45) is 5.92 Å². The Morgan fingerprint density at radius 2 is 1.80 bits per heavy atom. The van der Waals surface area contributed by atoms with Crippen LogP contribution in [0.1, 0.15) is 58.8 Å². The van der Waals surface area contributed by atoms with Gasteiger partial charge in [-0.15, -0.1) is 0 Å². The van der Waals surface area contributed by atoms with Crippen LogP contribution in [0.15, 0.2) is 0 Å². The molecule has 2 unspecified atom stereocenters.